The van der Waals surface area contributed by atoms with Gasteiger partial charge in [0.05, 0.1) is 11.1 Å². The molecule has 1 atom stereocenters. The van der Waals surface area contributed by atoms with Gasteiger partial charge in [-0.25, -0.2) is 0 Å². The highest BCUT2D eigenvalue weighted by Crippen LogP contribution is 2.37. The molecule has 0 aromatic heterocycles. The van der Waals surface area contributed by atoms with Crippen molar-refractivity contribution in [3.63, 3.8) is 0 Å². The lowest BCUT2D eigenvalue weighted by Gasteiger charge is -2.17. The topological polar surface area (TPSA) is 30.5 Å². The Morgan fingerprint density at radius 3 is 2.62 bits per heavy atom. The summed E-state index contributed by atoms with van der Waals surface area (Å²) in [6.45, 7) is 5.60. The highest BCUT2D eigenvalue weighted by molar-refractivity contribution is 9.10. The monoisotopic (exact) mass is 387 g/mol. The fraction of sp³-hybridized carbons (Fsp3) is 0.300. The maximum Gasteiger partial charge on any atom is 0.176 e. The average Bonchev–Trinajstić information content (AvgIpc) is 2.60. The van der Waals surface area contributed by atoms with Crippen LogP contribution in [0.1, 0.15) is 31.0 Å². The van der Waals surface area contributed by atoms with Crippen LogP contribution >= 0.6 is 15.9 Å². The van der Waals surface area contributed by atoms with Crippen LogP contribution in [0.25, 0.3) is 0 Å². The number of terminal acetylenes is 1. The first-order chi connectivity index (χ1) is 11.7. The normalized spacial score (nSPS) is 11.6. The molecular weight excluding hydrogens is 366 g/mol. The van der Waals surface area contributed by atoms with Crippen molar-refractivity contribution >= 4 is 15.9 Å². The Labute approximate surface area is 152 Å². The van der Waals surface area contributed by atoms with E-state index in [0.29, 0.717) is 18.1 Å². The van der Waals surface area contributed by atoms with Crippen molar-refractivity contribution in [2.24, 2.45) is 0 Å². The number of rotatable bonds is 8. The fourth-order valence-corrected chi connectivity index (χ4v) is 2.97. The summed E-state index contributed by atoms with van der Waals surface area (Å²) in [7, 11) is 0. The molecule has 2 aromatic rings. The fourth-order valence-electron chi connectivity index (χ4n) is 2.37. The summed E-state index contributed by atoms with van der Waals surface area (Å²) in [4.78, 5) is 0. The molecule has 3 nitrogen and oxygen atoms in total. The molecule has 0 spiro atoms. The molecule has 0 aliphatic carbocycles. The largest absolute Gasteiger partial charge is 0.490 e. The molecule has 0 unspecified atom stereocenters. The van der Waals surface area contributed by atoms with E-state index in [9.17, 15) is 0 Å². The van der Waals surface area contributed by atoms with Crippen molar-refractivity contribution in [1.82, 2.24) is 5.32 Å². The van der Waals surface area contributed by atoms with Crippen molar-refractivity contribution in [3.8, 4) is 23.8 Å². The van der Waals surface area contributed by atoms with Gasteiger partial charge in [-0.2, -0.15) is 0 Å². The van der Waals surface area contributed by atoms with Gasteiger partial charge in [-0.05, 0) is 53.0 Å². The summed E-state index contributed by atoms with van der Waals surface area (Å²) in [6.07, 6.45) is 5.28. The third-order valence-electron chi connectivity index (χ3n) is 3.58. The zero-order valence-electron chi connectivity index (χ0n) is 14.0. The molecule has 4 heteroatoms. The first kappa shape index (κ1) is 18.4. The van der Waals surface area contributed by atoms with Gasteiger partial charge in [0.25, 0.3) is 0 Å². The summed E-state index contributed by atoms with van der Waals surface area (Å²) in [6, 6.07) is 14.6. The van der Waals surface area contributed by atoms with Crippen molar-refractivity contribution in [1.29, 1.82) is 0 Å². The van der Waals surface area contributed by atoms with Crippen molar-refractivity contribution in [2.75, 3.05) is 13.2 Å². The second kappa shape index (κ2) is 9.36. The quantitative estimate of drug-likeness (QED) is 0.665. The maximum absolute atomic E-state index is 5.70. The number of hydrogen-bond acceptors (Lipinski definition) is 3. The molecule has 0 bridgehead atoms. The smallest absolute Gasteiger partial charge is 0.176 e. The van der Waals surface area contributed by atoms with Crippen molar-refractivity contribution in [2.45, 2.75) is 26.4 Å². The molecule has 0 aliphatic heterocycles. The van der Waals surface area contributed by atoms with E-state index in [-0.39, 0.29) is 12.6 Å². The Balaban J connectivity index is 2.11. The van der Waals surface area contributed by atoms with Crippen molar-refractivity contribution < 1.29 is 9.47 Å². The van der Waals surface area contributed by atoms with E-state index in [4.69, 9.17) is 15.9 Å². The SMILES string of the molecule is C#CCOc1c(Br)cc(CN[C@H](C)c2ccccc2)cc1OCC. The van der Waals surface area contributed by atoms with Gasteiger partial charge in [-0.3, -0.25) is 0 Å². The second-order valence-corrected chi connectivity index (χ2v) is 6.20. The van der Waals surface area contributed by atoms with Crippen LogP contribution in [0.2, 0.25) is 0 Å². The Morgan fingerprint density at radius 1 is 1.21 bits per heavy atom. The number of nitrogens with one attached hydrogen (secondary N) is 1. The molecule has 1 N–H and O–H groups in total. The lowest BCUT2D eigenvalue weighted by molar-refractivity contribution is 0.297. The molecule has 0 heterocycles. The van der Waals surface area contributed by atoms with E-state index < -0.39 is 0 Å². The van der Waals surface area contributed by atoms with Gasteiger partial charge < -0.3 is 14.8 Å². The van der Waals surface area contributed by atoms with Crippen LogP contribution in [0.15, 0.2) is 46.9 Å². The summed E-state index contributed by atoms with van der Waals surface area (Å²) >= 11 is 3.55. The van der Waals surface area contributed by atoms with Crippen molar-refractivity contribution in [3.05, 3.63) is 58.1 Å². The molecule has 2 rings (SSSR count). The summed E-state index contributed by atoms with van der Waals surface area (Å²) < 4.78 is 12.1. The number of ether oxygens (including phenoxy) is 2. The first-order valence-electron chi connectivity index (χ1n) is 7.95. The third-order valence-corrected chi connectivity index (χ3v) is 4.17. The molecule has 0 saturated carbocycles. The summed E-state index contributed by atoms with van der Waals surface area (Å²) in [5.74, 6) is 3.82. The minimum Gasteiger partial charge on any atom is -0.490 e. The van der Waals surface area contributed by atoms with Crippen LogP contribution in [0.3, 0.4) is 0 Å². The molecule has 0 saturated heterocycles. The first-order valence-corrected chi connectivity index (χ1v) is 8.74. The average molecular weight is 388 g/mol. The molecule has 126 valence electrons. The van der Waals surface area contributed by atoms with Gasteiger partial charge in [0.15, 0.2) is 11.5 Å². The molecule has 0 amide bonds. The molecule has 0 fully saturated rings. The van der Waals surface area contributed by atoms with Crippen LogP contribution in [0.5, 0.6) is 11.5 Å². The minimum absolute atomic E-state index is 0.210. The van der Waals surface area contributed by atoms with E-state index in [0.717, 1.165) is 16.6 Å². The Bertz CT molecular complexity index is 695. The van der Waals surface area contributed by atoms with E-state index in [1.165, 1.54) is 5.56 Å². The summed E-state index contributed by atoms with van der Waals surface area (Å²) in [5, 5.41) is 3.52. The van der Waals surface area contributed by atoms with E-state index >= 15 is 0 Å². The Morgan fingerprint density at radius 2 is 1.96 bits per heavy atom. The van der Waals surface area contributed by atoms with Gasteiger partial charge in [-0.1, -0.05) is 36.3 Å². The zero-order valence-corrected chi connectivity index (χ0v) is 15.6. The standard InChI is InChI=1S/C20H22BrNO2/c1-4-11-24-20-18(21)12-16(13-19(20)23-5-2)14-22-15(3)17-9-7-6-8-10-17/h1,6-10,12-13,15,22H,5,11,14H2,2-3H3/t15-/m1/s1. The Kier molecular flexibility index (Phi) is 7.17. The van der Waals surface area contributed by atoms with Crippen LogP contribution in [-0.2, 0) is 6.54 Å². The second-order valence-electron chi connectivity index (χ2n) is 5.34. The molecule has 0 aliphatic rings. The molecular formula is C20H22BrNO2. The lowest BCUT2D eigenvalue weighted by Crippen LogP contribution is -2.18. The van der Waals surface area contributed by atoms with Gasteiger partial charge in [0.1, 0.15) is 6.61 Å². The molecule has 2 aromatic carbocycles. The predicted molar refractivity (Wildman–Crippen MR) is 101 cm³/mol. The van der Waals surface area contributed by atoms with E-state index in [2.05, 4.69) is 58.4 Å². The molecule has 0 radical (unpaired) electrons. The molecule has 24 heavy (non-hydrogen) atoms. The van der Waals surface area contributed by atoms with Gasteiger partial charge >= 0.3 is 0 Å². The van der Waals surface area contributed by atoms with E-state index in [1.54, 1.807) is 0 Å². The lowest BCUT2D eigenvalue weighted by atomic mass is 10.1. The zero-order chi connectivity index (χ0) is 17.4. The predicted octanol–water partition coefficient (Wildman–Crippen LogP) is 4.71. The van der Waals surface area contributed by atoms with Crippen LogP contribution in [0, 0.1) is 12.3 Å². The maximum atomic E-state index is 5.70. The van der Waals surface area contributed by atoms with Gasteiger partial charge in [0, 0.05) is 12.6 Å². The highest BCUT2D eigenvalue weighted by Gasteiger charge is 2.13. The van der Waals surface area contributed by atoms with Gasteiger partial charge in [0.2, 0.25) is 0 Å². The van der Waals surface area contributed by atoms with E-state index in [1.807, 2.05) is 25.1 Å². The van der Waals surface area contributed by atoms with Crippen LogP contribution < -0.4 is 14.8 Å². The number of hydrogen-bond donors (Lipinski definition) is 1. The number of benzene rings is 2. The number of halogens is 1. The Hall–Kier alpha value is -1.96. The highest BCUT2D eigenvalue weighted by atomic mass is 79.9. The van der Waals surface area contributed by atoms with Crippen LogP contribution in [0.4, 0.5) is 0 Å². The van der Waals surface area contributed by atoms with Gasteiger partial charge in [-0.15, -0.1) is 6.42 Å². The van der Waals surface area contributed by atoms with Crippen LogP contribution in [-0.4, -0.2) is 13.2 Å². The third kappa shape index (κ3) is 5.02. The summed E-state index contributed by atoms with van der Waals surface area (Å²) in [5.41, 5.74) is 2.37. The minimum atomic E-state index is 0.210.